The van der Waals surface area contributed by atoms with Crippen LogP contribution in [0.25, 0.3) is 0 Å². The van der Waals surface area contributed by atoms with Gasteiger partial charge in [-0.1, -0.05) is 5.16 Å². The van der Waals surface area contributed by atoms with E-state index in [4.69, 9.17) is 14.4 Å². The highest BCUT2D eigenvalue weighted by atomic mass is 16.6. The quantitative estimate of drug-likeness (QED) is 0.639. The zero-order valence-electron chi connectivity index (χ0n) is 11.1. The molecule has 1 fully saturated rings. The number of nitrogens with zero attached hydrogens (tertiary/aromatic N) is 3. The van der Waals surface area contributed by atoms with Gasteiger partial charge >= 0.3 is 5.69 Å². The van der Waals surface area contributed by atoms with Crippen molar-refractivity contribution in [3.8, 4) is 5.75 Å². The molecule has 1 aliphatic rings. The summed E-state index contributed by atoms with van der Waals surface area (Å²) < 4.78 is 10.4. The molecule has 1 N–H and O–H groups in total. The molecule has 1 aromatic heterocycles. The third kappa shape index (κ3) is 3.00. The topological polar surface area (TPSA) is 112 Å². The Balaban J connectivity index is 1.74. The molecule has 0 bridgehead atoms. The van der Waals surface area contributed by atoms with Gasteiger partial charge in [-0.2, -0.15) is 4.98 Å². The molecule has 1 aromatic carbocycles. The number of rotatable bonds is 6. The fraction of sp³-hybridized carbons (Fsp3) is 0.385. The van der Waals surface area contributed by atoms with Gasteiger partial charge in [0.1, 0.15) is 0 Å². The SMILES string of the molecule is O=[N+]([O-])c1ccc(CO)cc1OCc1nc(C2CC2)no1. The van der Waals surface area contributed by atoms with Gasteiger partial charge in [-0.15, -0.1) is 0 Å². The van der Waals surface area contributed by atoms with Gasteiger partial charge < -0.3 is 14.4 Å². The fourth-order valence-corrected chi connectivity index (χ4v) is 1.90. The predicted molar refractivity (Wildman–Crippen MR) is 69.6 cm³/mol. The van der Waals surface area contributed by atoms with Crippen molar-refractivity contribution < 1.29 is 19.3 Å². The van der Waals surface area contributed by atoms with Gasteiger partial charge in [0.2, 0.25) is 0 Å². The minimum absolute atomic E-state index is 0.0462. The second-order valence-electron chi connectivity index (χ2n) is 4.83. The summed E-state index contributed by atoms with van der Waals surface area (Å²) in [7, 11) is 0. The zero-order valence-corrected chi connectivity index (χ0v) is 11.1. The lowest BCUT2D eigenvalue weighted by atomic mass is 10.2. The van der Waals surface area contributed by atoms with Crippen molar-refractivity contribution >= 4 is 5.69 Å². The van der Waals surface area contributed by atoms with Gasteiger partial charge in [0.05, 0.1) is 11.5 Å². The molecule has 0 unspecified atom stereocenters. The van der Waals surface area contributed by atoms with Crippen LogP contribution in [0.5, 0.6) is 5.75 Å². The number of benzene rings is 1. The van der Waals surface area contributed by atoms with Crippen LogP contribution in [0.4, 0.5) is 5.69 Å². The molecule has 0 saturated heterocycles. The van der Waals surface area contributed by atoms with E-state index in [2.05, 4.69) is 10.1 Å². The monoisotopic (exact) mass is 291 g/mol. The first-order chi connectivity index (χ1) is 10.2. The highest BCUT2D eigenvalue weighted by Crippen LogP contribution is 2.38. The summed E-state index contributed by atoms with van der Waals surface area (Å²) in [4.78, 5) is 14.6. The summed E-state index contributed by atoms with van der Waals surface area (Å²) in [6, 6.07) is 4.20. The van der Waals surface area contributed by atoms with Crippen molar-refractivity contribution in [2.24, 2.45) is 0 Å². The lowest BCUT2D eigenvalue weighted by Gasteiger charge is -2.05. The Labute approximate surface area is 119 Å². The maximum Gasteiger partial charge on any atom is 0.310 e. The number of hydrogen-bond acceptors (Lipinski definition) is 7. The fourth-order valence-electron chi connectivity index (χ4n) is 1.90. The maximum absolute atomic E-state index is 10.9. The summed E-state index contributed by atoms with van der Waals surface area (Å²) in [5.41, 5.74) is 0.355. The summed E-state index contributed by atoms with van der Waals surface area (Å²) in [6.07, 6.45) is 2.12. The molecule has 3 rings (SSSR count). The number of aliphatic hydroxyl groups is 1. The van der Waals surface area contributed by atoms with Gasteiger partial charge in [-0.3, -0.25) is 10.1 Å². The smallest absolute Gasteiger partial charge is 0.310 e. The second kappa shape index (κ2) is 5.49. The van der Waals surface area contributed by atoms with Crippen LogP contribution in [-0.4, -0.2) is 20.2 Å². The molecule has 1 aliphatic carbocycles. The molecule has 21 heavy (non-hydrogen) atoms. The van der Waals surface area contributed by atoms with E-state index in [1.807, 2.05) is 0 Å². The summed E-state index contributed by atoms with van der Waals surface area (Å²) in [6.45, 7) is -0.268. The summed E-state index contributed by atoms with van der Waals surface area (Å²) in [5.74, 6) is 1.38. The highest BCUT2D eigenvalue weighted by molar-refractivity contribution is 5.48. The normalized spacial score (nSPS) is 14.1. The first-order valence-electron chi connectivity index (χ1n) is 6.51. The minimum Gasteiger partial charge on any atom is -0.477 e. The molecule has 0 amide bonds. The summed E-state index contributed by atoms with van der Waals surface area (Å²) in [5, 5.41) is 23.9. The summed E-state index contributed by atoms with van der Waals surface area (Å²) >= 11 is 0. The maximum atomic E-state index is 10.9. The van der Waals surface area contributed by atoms with Crippen LogP contribution in [-0.2, 0) is 13.2 Å². The largest absolute Gasteiger partial charge is 0.477 e. The first-order valence-corrected chi connectivity index (χ1v) is 6.51. The minimum atomic E-state index is -0.542. The van der Waals surface area contributed by atoms with Gasteiger partial charge in [0.15, 0.2) is 18.2 Å². The number of nitro benzene ring substituents is 1. The van der Waals surface area contributed by atoms with E-state index in [1.54, 1.807) is 0 Å². The Kier molecular flexibility index (Phi) is 3.53. The average Bonchev–Trinajstić information content (AvgIpc) is 3.23. The van der Waals surface area contributed by atoms with Crippen LogP contribution in [0.15, 0.2) is 22.7 Å². The molecular weight excluding hydrogens is 278 g/mol. The van der Waals surface area contributed by atoms with Crippen molar-refractivity contribution in [2.75, 3.05) is 0 Å². The third-order valence-electron chi connectivity index (χ3n) is 3.18. The number of aromatic nitrogens is 2. The number of nitro groups is 1. The van der Waals surface area contributed by atoms with Crippen molar-refractivity contribution in [3.05, 3.63) is 45.6 Å². The van der Waals surface area contributed by atoms with Crippen molar-refractivity contribution in [1.82, 2.24) is 10.1 Å². The van der Waals surface area contributed by atoms with Gasteiger partial charge in [0, 0.05) is 12.0 Å². The Morgan fingerprint density at radius 2 is 2.29 bits per heavy atom. The molecule has 0 radical (unpaired) electrons. The molecule has 0 aliphatic heterocycles. The van der Waals surface area contributed by atoms with Crippen molar-refractivity contribution in [3.63, 3.8) is 0 Å². The number of hydrogen-bond donors (Lipinski definition) is 1. The highest BCUT2D eigenvalue weighted by Gasteiger charge is 2.29. The molecule has 0 atom stereocenters. The van der Waals surface area contributed by atoms with E-state index in [9.17, 15) is 10.1 Å². The molecule has 0 spiro atoms. The second-order valence-corrected chi connectivity index (χ2v) is 4.83. The zero-order chi connectivity index (χ0) is 14.8. The van der Waals surface area contributed by atoms with Crippen molar-refractivity contribution in [1.29, 1.82) is 0 Å². The Hall–Kier alpha value is -2.48. The Bertz CT molecular complexity index is 666. The molecule has 1 heterocycles. The Morgan fingerprint density at radius 3 is 2.95 bits per heavy atom. The van der Waals surface area contributed by atoms with Gasteiger partial charge in [0.25, 0.3) is 5.89 Å². The Morgan fingerprint density at radius 1 is 1.48 bits per heavy atom. The van der Waals surface area contributed by atoms with E-state index < -0.39 is 4.92 Å². The van der Waals surface area contributed by atoms with Crippen LogP contribution in [0.3, 0.4) is 0 Å². The molecule has 8 nitrogen and oxygen atoms in total. The van der Waals surface area contributed by atoms with E-state index in [0.717, 1.165) is 12.8 Å². The predicted octanol–water partition coefficient (Wildman–Crippen LogP) is 1.93. The first kappa shape index (κ1) is 13.5. The van der Waals surface area contributed by atoms with E-state index in [0.29, 0.717) is 17.3 Å². The van der Waals surface area contributed by atoms with Crippen LogP contribution in [0.2, 0.25) is 0 Å². The van der Waals surface area contributed by atoms with Crippen LogP contribution >= 0.6 is 0 Å². The third-order valence-corrected chi connectivity index (χ3v) is 3.18. The average molecular weight is 291 g/mol. The van der Waals surface area contributed by atoms with Crippen LogP contribution in [0.1, 0.15) is 36.0 Å². The van der Waals surface area contributed by atoms with E-state index in [1.165, 1.54) is 18.2 Å². The molecule has 8 heteroatoms. The molecule has 2 aromatic rings. The molecule has 1 saturated carbocycles. The van der Waals surface area contributed by atoms with Gasteiger partial charge in [-0.05, 0) is 30.5 Å². The standard InChI is InChI=1S/C13H13N3O5/c17-6-8-1-4-10(16(18)19)11(5-8)20-7-12-14-13(15-21-12)9-2-3-9/h1,4-5,9,17H,2-3,6-7H2. The molecule has 110 valence electrons. The van der Waals surface area contributed by atoms with Crippen LogP contribution < -0.4 is 4.74 Å². The lowest BCUT2D eigenvalue weighted by Crippen LogP contribution is -2.00. The lowest BCUT2D eigenvalue weighted by molar-refractivity contribution is -0.386. The number of aliphatic hydroxyl groups excluding tert-OH is 1. The van der Waals surface area contributed by atoms with E-state index in [-0.39, 0.29) is 30.5 Å². The van der Waals surface area contributed by atoms with E-state index >= 15 is 0 Å². The number of ether oxygens (including phenoxy) is 1. The van der Waals surface area contributed by atoms with Crippen molar-refractivity contribution in [2.45, 2.75) is 32.0 Å². The van der Waals surface area contributed by atoms with Crippen LogP contribution in [0, 0.1) is 10.1 Å². The molecular formula is C13H13N3O5. The van der Waals surface area contributed by atoms with Gasteiger partial charge in [-0.25, -0.2) is 0 Å².